The van der Waals surface area contributed by atoms with Gasteiger partial charge in [0, 0.05) is 5.54 Å². The predicted molar refractivity (Wildman–Crippen MR) is 62.0 cm³/mol. The highest BCUT2D eigenvalue weighted by atomic mass is 14.7. The summed E-state index contributed by atoms with van der Waals surface area (Å²) in [4.78, 5) is 0. The summed E-state index contributed by atoms with van der Waals surface area (Å²) in [6, 6.07) is 10.2. The van der Waals surface area contributed by atoms with Gasteiger partial charge < -0.3 is 5.73 Å². The van der Waals surface area contributed by atoms with E-state index < -0.39 is 0 Å². The van der Waals surface area contributed by atoms with Crippen LogP contribution in [0.25, 0.3) is 0 Å². The van der Waals surface area contributed by atoms with Crippen molar-refractivity contribution in [2.75, 3.05) is 0 Å². The third-order valence-electron chi connectivity index (χ3n) is 2.82. The molecule has 0 saturated heterocycles. The first kappa shape index (κ1) is 11.0. The molecule has 14 heavy (non-hydrogen) atoms. The maximum absolute atomic E-state index is 6.40. The van der Waals surface area contributed by atoms with Gasteiger partial charge >= 0.3 is 0 Å². The molecule has 1 aromatic carbocycles. The van der Waals surface area contributed by atoms with Crippen LogP contribution in [0.4, 0.5) is 0 Å². The van der Waals surface area contributed by atoms with Gasteiger partial charge in [-0.05, 0) is 17.9 Å². The van der Waals surface area contributed by atoms with Gasteiger partial charge in [0.05, 0.1) is 0 Å². The zero-order chi connectivity index (χ0) is 10.6. The molecular weight excluding hydrogens is 170 g/mol. The van der Waals surface area contributed by atoms with Gasteiger partial charge in [0.25, 0.3) is 0 Å². The molecule has 0 amide bonds. The van der Waals surface area contributed by atoms with Gasteiger partial charge in [-0.2, -0.15) is 0 Å². The van der Waals surface area contributed by atoms with Crippen molar-refractivity contribution in [2.24, 2.45) is 11.7 Å². The van der Waals surface area contributed by atoms with Crippen molar-refractivity contribution in [2.45, 2.75) is 25.8 Å². The van der Waals surface area contributed by atoms with E-state index in [-0.39, 0.29) is 5.54 Å². The van der Waals surface area contributed by atoms with E-state index in [1.54, 1.807) is 0 Å². The lowest BCUT2D eigenvalue weighted by Crippen LogP contribution is -2.41. The molecule has 76 valence electrons. The Hall–Kier alpha value is -1.08. The number of hydrogen-bond donors (Lipinski definition) is 1. The number of hydrogen-bond acceptors (Lipinski definition) is 1. The van der Waals surface area contributed by atoms with Gasteiger partial charge in [-0.3, -0.25) is 0 Å². The molecule has 2 N–H and O–H groups in total. The summed E-state index contributed by atoms with van der Waals surface area (Å²) >= 11 is 0. The van der Waals surface area contributed by atoms with Crippen LogP contribution in [-0.2, 0) is 5.54 Å². The van der Waals surface area contributed by atoms with Crippen LogP contribution >= 0.6 is 0 Å². The van der Waals surface area contributed by atoms with E-state index in [1.165, 1.54) is 5.56 Å². The Balaban J connectivity index is 3.05. The summed E-state index contributed by atoms with van der Waals surface area (Å²) in [5, 5.41) is 0. The molecule has 1 nitrogen and oxygen atoms in total. The number of rotatable bonds is 4. The van der Waals surface area contributed by atoms with Gasteiger partial charge in [0.15, 0.2) is 0 Å². The van der Waals surface area contributed by atoms with Gasteiger partial charge in [-0.25, -0.2) is 0 Å². The fourth-order valence-corrected chi connectivity index (χ4v) is 1.67. The Bertz CT molecular complexity index is 289. The van der Waals surface area contributed by atoms with Crippen molar-refractivity contribution in [1.29, 1.82) is 0 Å². The Kier molecular flexibility index (Phi) is 3.48. The van der Waals surface area contributed by atoms with Crippen molar-refractivity contribution in [1.82, 2.24) is 0 Å². The van der Waals surface area contributed by atoms with Crippen LogP contribution in [0.2, 0.25) is 0 Å². The highest BCUT2D eigenvalue weighted by Gasteiger charge is 2.29. The molecule has 0 aromatic heterocycles. The molecule has 1 rings (SSSR count). The van der Waals surface area contributed by atoms with Crippen LogP contribution in [0.3, 0.4) is 0 Å². The van der Waals surface area contributed by atoms with Gasteiger partial charge in [-0.1, -0.05) is 50.3 Å². The van der Waals surface area contributed by atoms with Gasteiger partial charge in [-0.15, -0.1) is 6.58 Å². The van der Waals surface area contributed by atoms with Crippen LogP contribution in [0.15, 0.2) is 43.0 Å². The molecule has 0 aliphatic carbocycles. The highest BCUT2D eigenvalue weighted by Crippen LogP contribution is 2.30. The van der Waals surface area contributed by atoms with Crippen LogP contribution < -0.4 is 5.73 Å². The second kappa shape index (κ2) is 4.43. The maximum Gasteiger partial charge on any atom is 0.0467 e. The molecule has 0 fully saturated rings. The second-order valence-corrected chi connectivity index (χ2v) is 4.05. The summed E-state index contributed by atoms with van der Waals surface area (Å²) in [5.74, 6) is 0.405. The average Bonchev–Trinajstić information content (AvgIpc) is 2.19. The first-order valence-electron chi connectivity index (χ1n) is 5.06. The molecule has 0 radical (unpaired) electrons. The third-order valence-corrected chi connectivity index (χ3v) is 2.82. The standard InChI is InChI=1S/C13H19N/c1-4-10-13(14,11(2)3)12-8-6-5-7-9-12/h4-9,11H,1,10,14H2,2-3H3. The minimum absolute atomic E-state index is 0.275. The van der Waals surface area contributed by atoms with Crippen molar-refractivity contribution in [3.8, 4) is 0 Å². The Labute approximate surface area is 86.6 Å². The zero-order valence-electron chi connectivity index (χ0n) is 9.03. The second-order valence-electron chi connectivity index (χ2n) is 4.05. The first-order valence-corrected chi connectivity index (χ1v) is 5.06. The molecule has 0 heterocycles. The van der Waals surface area contributed by atoms with Crippen molar-refractivity contribution in [3.05, 3.63) is 48.6 Å². The smallest absolute Gasteiger partial charge is 0.0467 e. The molecule has 0 bridgehead atoms. The van der Waals surface area contributed by atoms with Crippen molar-refractivity contribution < 1.29 is 0 Å². The third kappa shape index (κ3) is 2.05. The van der Waals surface area contributed by atoms with E-state index in [0.29, 0.717) is 5.92 Å². The molecule has 0 aliphatic rings. The lowest BCUT2D eigenvalue weighted by molar-refractivity contribution is 0.320. The van der Waals surface area contributed by atoms with Crippen molar-refractivity contribution >= 4 is 0 Å². The molecule has 0 saturated carbocycles. The maximum atomic E-state index is 6.40. The SMILES string of the molecule is C=CCC(N)(c1ccccc1)C(C)C. The van der Waals surface area contributed by atoms with Crippen molar-refractivity contribution in [3.63, 3.8) is 0 Å². The van der Waals surface area contributed by atoms with E-state index in [9.17, 15) is 0 Å². The Morgan fingerprint density at radius 2 is 1.93 bits per heavy atom. The zero-order valence-corrected chi connectivity index (χ0v) is 9.03. The summed E-state index contributed by atoms with van der Waals surface area (Å²) in [5.41, 5.74) is 7.32. The molecule has 1 atom stereocenters. The monoisotopic (exact) mass is 189 g/mol. The topological polar surface area (TPSA) is 26.0 Å². The molecule has 1 heteroatoms. The van der Waals surface area contributed by atoms with E-state index in [4.69, 9.17) is 5.73 Å². The minimum Gasteiger partial charge on any atom is -0.321 e. The summed E-state index contributed by atoms with van der Waals surface area (Å²) in [7, 11) is 0. The normalized spacial score (nSPS) is 15.1. The van der Waals surface area contributed by atoms with Crippen LogP contribution in [0.1, 0.15) is 25.8 Å². The number of benzene rings is 1. The van der Waals surface area contributed by atoms with Gasteiger partial charge in [0.1, 0.15) is 0 Å². The van der Waals surface area contributed by atoms with E-state index in [1.807, 2.05) is 24.3 Å². The molecule has 0 aliphatic heterocycles. The molecule has 0 spiro atoms. The quantitative estimate of drug-likeness (QED) is 0.724. The Morgan fingerprint density at radius 3 is 2.36 bits per heavy atom. The van der Waals surface area contributed by atoms with Crippen LogP contribution in [0.5, 0.6) is 0 Å². The minimum atomic E-state index is -0.275. The lowest BCUT2D eigenvalue weighted by atomic mass is 9.78. The fraction of sp³-hybridized carbons (Fsp3) is 0.385. The van der Waals surface area contributed by atoms with Crippen LogP contribution in [0, 0.1) is 5.92 Å². The lowest BCUT2D eigenvalue weighted by Gasteiger charge is -2.33. The number of nitrogens with two attached hydrogens (primary N) is 1. The summed E-state index contributed by atoms with van der Waals surface area (Å²) < 4.78 is 0. The summed E-state index contributed by atoms with van der Waals surface area (Å²) in [6.45, 7) is 8.07. The summed E-state index contributed by atoms with van der Waals surface area (Å²) in [6.07, 6.45) is 2.71. The predicted octanol–water partition coefficient (Wildman–Crippen LogP) is 3.07. The van der Waals surface area contributed by atoms with E-state index in [0.717, 1.165) is 6.42 Å². The van der Waals surface area contributed by atoms with E-state index in [2.05, 4.69) is 32.6 Å². The molecule has 1 unspecified atom stereocenters. The largest absolute Gasteiger partial charge is 0.321 e. The Morgan fingerprint density at radius 1 is 1.36 bits per heavy atom. The van der Waals surface area contributed by atoms with Crippen LogP contribution in [-0.4, -0.2) is 0 Å². The average molecular weight is 189 g/mol. The molecular formula is C13H19N. The first-order chi connectivity index (χ1) is 6.61. The molecule has 1 aromatic rings. The fourth-order valence-electron chi connectivity index (χ4n) is 1.67. The van der Waals surface area contributed by atoms with Gasteiger partial charge in [0.2, 0.25) is 0 Å². The highest BCUT2D eigenvalue weighted by molar-refractivity contribution is 5.25. The van der Waals surface area contributed by atoms with E-state index >= 15 is 0 Å².